The normalized spacial score (nSPS) is 18.9. The Kier molecular flexibility index (Phi) is 7.38. The lowest BCUT2D eigenvalue weighted by Gasteiger charge is -2.26. The highest BCUT2D eigenvalue weighted by Crippen LogP contribution is 2.38. The summed E-state index contributed by atoms with van der Waals surface area (Å²) in [6.45, 7) is 2.16. The van der Waals surface area contributed by atoms with E-state index in [0.717, 1.165) is 0 Å². The number of carbonyl (C=O) groups excluding carboxylic acids is 1. The number of hydrogen-bond acceptors (Lipinski definition) is 8. The van der Waals surface area contributed by atoms with Crippen molar-refractivity contribution in [1.29, 1.82) is 0 Å². The number of benzene rings is 2. The van der Waals surface area contributed by atoms with Gasteiger partial charge in [-0.2, -0.15) is 18.2 Å². The first-order chi connectivity index (χ1) is 19.3. The molecule has 1 aliphatic rings. The zero-order valence-corrected chi connectivity index (χ0v) is 22.5. The molecular weight excluding hydrogens is 570 g/mol. The van der Waals surface area contributed by atoms with E-state index in [2.05, 4.69) is 15.1 Å². The van der Waals surface area contributed by atoms with Gasteiger partial charge in [-0.25, -0.2) is 18.9 Å². The van der Waals surface area contributed by atoms with E-state index in [-0.39, 0.29) is 29.1 Å². The molecule has 0 fully saturated rings. The quantitative estimate of drug-likeness (QED) is 0.244. The van der Waals surface area contributed by atoms with E-state index in [9.17, 15) is 22.4 Å². The van der Waals surface area contributed by atoms with E-state index in [0.29, 0.717) is 35.0 Å². The van der Waals surface area contributed by atoms with E-state index in [1.54, 1.807) is 16.7 Å². The number of imidazole rings is 1. The van der Waals surface area contributed by atoms with Crippen LogP contribution in [-0.2, 0) is 16.2 Å². The number of nitrogens with zero attached hydrogens (tertiary/aromatic N) is 6. The molecule has 2 atom stereocenters. The third kappa shape index (κ3) is 5.98. The Morgan fingerprint density at radius 1 is 1.22 bits per heavy atom. The number of ether oxygens (including phenoxy) is 1. The monoisotopic (exact) mass is 593 g/mol. The first kappa shape index (κ1) is 28.4. The predicted octanol–water partition coefficient (Wildman–Crippen LogP) is 5.07. The largest absolute Gasteiger partial charge is 0.494 e. The number of hydrogen-bond donors (Lipinski definition) is 1. The van der Waals surface area contributed by atoms with Crippen LogP contribution in [-0.4, -0.2) is 49.1 Å². The van der Waals surface area contributed by atoms with Crippen LogP contribution < -0.4 is 15.5 Å². The van der Waals surface area contributed by atoms with Crippen LogP contribution in [0.1, 0.15) is 37.1 Å². The van der Waals surface area contributed by atoms with Crippen LogP contribution in [0.3, 0.4) is 0 Å². The van der Waals surface area contributed by atoms with Gasteiger partial charge in [0.05, 0.1) is 18.5 Å². The molecule has 0 bridgehead atoms. The van der Waals surface area contributed by atoms with Crippen molar-refractivity contribution in [3.63, 3.8) is 0 Å². The van der Waals surface area contributed by atoms with E-state index >= 15 is 0 Å². The molecule has 216 valence electrons. The molecule has 2 aromatic heterocycles. The number of nitrogens with two attached hydrogens (primary N) is 1. The number of carbonyl (C=O) groups is 1. The second kappa shape index (κ2) is 10.7. The Balaban J connectivity index is 1.60. The van der Waals surface area contributed by atoms with Crippen LogP contribution in [0.5, 0.6) is 5.75 Å². The van der Waals surface area contributed by atoms with Gasteiger partial charge in [0.25, 0.3) is 5.95 Å². The summed E-state index contributed by atoms with van der Waals surface area (Å²) in [6, 6.07) is 10.1. The van der Waals surface area contributed by atoms with Gasteiger partial charge in [0.1, 0.15) is 28.9 Å². The molecule has 1 aliphatic heterocycles. The molecule has 3 heterocycles. The molecule has 0 saturated heterocycles. The molecule has 0 spiro atoms. The van der Waals surface area contributed by atoms with E-state index in [4.69, 9.17) is 26.9 Å². The summed E-state index contributed by atoms with van der Waals surface area (Å²) in [5.74, 6) is -3.14. The van der Waals surface area contributed by atoms with Gasteiger partial charge in [-0.3, -0.25) is 0 Å². The van der Waals surface area contributed by atoms with Crippen LogP contribution >= 0.6 is 11.6 Å². The number of methoxy groups -OCH3 is 1. The van der Waals surface area contributed by atoms with Crippen molar-refractivity contribution in [2.24, 2.45) is 5.73 Å². The van der Waals surface area contributed by atoms with Gasteiger partial charge in [0.15, 0.2) is 0 Å². The number of rotatable bonds is 6. The fourth-order valence-corrected chi connectivity index (χ4v) is 4.76. The summed E-state index contributed by atoms with van der Waals surface area (Å²) in [4.78, 5) is 25.3. The van der Waals surface area contributed by atoms with Crippen LogP contribution in [0.4, 0.5) is 29.2 Å². The lowest BCUT2D eigenvalue weighted by molar-refractivity contribution is -0.200. The molecule has 10 nitrogen and oxygen atoms in total. The topological polar surface area (TPSA) is 113 Å². The minimum atomic E-state index is -5.30. The summed E-state index contributed by atoms with van der Waals surface area (Å²) < 4.78 is 62.1. The van der Waals surface area contributed by atoms with Crippen molar-refractivity contribution >= 4 is 29.2 Å². The van der Waals surface area contributed by atoms with E-state index in [1.165, 1.54) is 54.6 Å². The Morgan fingerprint density at radius 3 is 2.59 bits per heavy atom. The van der Waals surface area contributed by atoms with Crippen LogP contribution in [0.25, 0.3) is 5.69 Å². The second-order valence-electron chi connectivity index (χ2n) is 9.84. The molecule has 2 N–H and O–H groups in total. The van der Waals surface area contributed by atoms with Gasteiger partial charge in [0, 0.05) is 30.3 Å². The molecule has 2 unspecified atom stereocenters. The number of alkyl halides is 3. The molecule has 4 aromatic rings. The van der Waals surface area contributed by atoms with Crippen molar-refractivity contribution in [1.82, 2.24) is 24.3 Å². The van der Waals surface area contributed by atoms with Crippen molar-refractivity contribution < 1.29 is 31.9 Å². The molecule has 0 radical (unpaired) electrons. The highest BCUT2D eigenvalue weighted by Gasteiger charge is 2.44. The van der Waals surface area contributed by atoms with Gasteiger partial charge in [-0.05, 0) is 49.6 Å². The second-order valence-corrected chi connectivity index (χ2v) is 10.2. The van der Waals surface area contributed by atoms with Crippen molar-refractivity contribution in [3.05, 3.63) is 77.3 Å². The number of halogens is 5. The molecular formula is C26H24ClF4N7O3. The average molecular weight is 594 g/mol. The van der Waals surface area contributed by atoms with Gasteiger partial charge in [-0.15, -0.1) is 10.2 Å². The van der Waals surface area contributed by atoms with Gasteiger partial charge < -0.3 is 19.9 Å². The summed E-state index contributed by atoms with van der Waals surface area (Å²) in [5, 5.41) is 5.21. The Labute approximate surface area is 236 Å². The fourth-order valence-electron chi connectivity index (χ4n) is 4.61. The number of anilines is 2. The van der Waals surface area contributed by atoms with Crippen molar-refractivity contribution in [2.45, 2.75) is 43.9 Å². The Bertz CT molecular complexity index is 1570. The lowest BCUT2D eigenvalue weighted by Crippen LogP contribution is -2.37. The van der Waals surface area contributed by atoms with Crippen LogP contribution in [0.15, 0.2) is 55.0 Å². The number of fused-ring (bicyclic) bond motifs is 1. The summed E-state index contributed by atoms with van der Waals surface area (Å²) in [5.41, 5.74) is 6.98. The standard InChI is InChI=1S/C26H24ClF4N7O3/c1-25(32)9-10-37-22(18(12-25)15-3-5-16(28)6-4-15)34-24(35-37)38(41-23(39)26(29,30)31)17-7-8-19(20(11-17)40-2)36-13-21(27)33-14-36/h3-8,11,13-14,18H,9-10,12,32H2,1-2H3. The summed E-state index contributed by atoms with van der Waals surface area (Å²) in [6.07, 6.45) is -1.50. The smallest absolute Gasteiger partial charge is 0.493 e. The molecule has 5 rings (SSSR count). The third-order valence-electron chi connectivity index (χ3n) is 6.65. The maximum Gasteiger partial charge on any atom is 0.493 e. The first-order valence-corrected chi connectivity index (χ1v) is 12.7. The molecule has 15 heteroatoms. The number of aryl methyl sites for hydroxylation is 1. The molecule has 2 aromatic carbocycles. The van der Waals surface area contributed by atoms with Gasteiger partial charge in [0.2, 0.25) is 0 Å². The SMILES string of the molecule is COc1cc(N(OC(=O)C(F)(F)F)c2nc3n(n2)CCC(C)(N)CC3c2ccc(F)cc2)ccc1-n1cnc(Cl)c1. The number of aromatic nitrogens is 5. The Morgan fingerprint density at radius 2 is 1.95 bits per heavy atom. The fraction of sp³-hybridized carbons (Fsp3) is 0.308. The summed E-state index contributed by atoms with van der Waals surface area (Å²) in [7, 11) is 1.36. The molecule has 41 heavy (non-hydrogen) atoms. The highest BCUT2D eigenvalue weighted by molar-refractivity contribution is 6.29. The maximum atomic E-state index is 13.7. The zero-order valence-electron chi connectivity index (χ0n) is 21.8. The van der Waals surface area contributed by atoms with Gasteiger partial charge >= 0.3 is 12.1 Å². The van der Waals surface area contributed by atoms with E-state index in [1.807, 2.05) is 6.92 Å². The summed E-state index contributed by atoms with van der Waals surface area (Å²) >= 11 is 5.92. The van der Waals surface area contributed by atoms with Crippen molar-refractivity contribution in [3.8, 4) is 11.4 Å². The molecule has 0 saturated carbocycles. The average Bonchev–Trinajstić information content (AvgIpc) is 3.52. The highest BCUT2D eigenvalue weighted by atomic mass is 35.5. The molecule has 0 amide bonds. The third-order valence-corrected chi connectivity index (χ3v) is 6.85. The molecule has 0 aliphatic carbocycles. The zero-order chi connectivity index (χ0) is 29.5. The lowest BCUT2D eigenvalue weighted by atomic mass is 9.84. The Hall–Kier alpha value is -4.17. The van der Waals surface area contributed by atoms with Crippen molar-refractivity contribution in [2.75, 3.05) is 12.2 Å². The van der Waals surface area contributed by atoms with E-state index < -0.39 is 29.4 Å². The van der Waals surface area contributed by atoms with Crippen LogP contribution in [0.2, 0.25) is 5.15 Å². The first-order valence-electron chi connectivity index (χ1n) is 12.3. The minimum Gasteiger partial charge on any atom is -0.494 e. The predicted molar refractivity (Wildman–Crippen MR) is 140 cm³/mol. The van der Waals surface area contributed by atoms with Crippen LogP contribution in [0, 0.1) is 5.82 Å². The maximum absolute atomic E-state index is 13.7. The minimum absolute atomic E-state index is 0.0304. The van der Waals surface area contributed by atoms with Gasteiger partial charge in [-0.1, -0.05) is 23.7 Å².